The van der Waals surface area contributed by atoms with Crippen LogP contribution in [0, 0.1) is 6.92 Å². The molecule has 0 radical (unpaired) electrons. The van der Waals surface area contributed by atoms with Crippen molar-refractivity contribution in [3.63, 3.8) is 0 Å². The summed E-state index contributed by atoms with van der Waals surface area (Å²) < 4.78 is 26.3. The number of esters is 1. The molecule has 0 aromatic heterocycles. The molecule has 0 aliphatic heterocycles. The molecule has 26 heavy (non-hydrogen) atoms. The molecule has 0 heterocycles. The quantitative estimate of drug-likeness (QED) is 0.384. The zero-order valence-electron chi connectivity index (χ0n) is 15.2. The third kappa shape index (κ3) is 9.94. The highest BCUT2D eigenvalue weighted by atomic mass is 35.5. The summed E-state index contributed by atoms with van der Waals surface area (Å²) in [7, 11) is 0. The van der Waals surface area contributed by atoms with E-state index in [2.05, 4.69) is 0 Å². The van der Waals surface area contributed by atoms with Gasteiger partial charge in [-0.1, -0.05) is 11.6 Å². The van der Waals surface area contributed by atoms with Crippen molar-refractivity contribution in [3.8, 4) is 5.75 Å². The molecule has 0 saturated carbocycles. The Morgan fingerprint density at radius 3 is 2.19 bits per heavy atom. The molecule has 8 heteroatoms. The predicted molar refractivity (Wildman–Crippen MR) is 96.8 cm³/mol. The van der Waals surface area contributed by atoms with E-state index in [1.54, 1.807) is 25.1 Å². The molecule has 0 spiro atoms. The van der Waals surface area contributed by atoms with Crippen molar-refractivity contribution in [2.45, 2.75) is 20.0 Å². The van der Waals surface area contributed by atoms with E-state index >= 15 is 0 Å². The number of carbonyl (C=O) groups is 1. The second kappa shape index (κ2) is 13.8. The molecule has 1 aromatic carbocycles. The van der Waals surface area contributed by atoms with E-state index in [4.69, 9.17) is 40.4 Å². The van der Waals surface area contributed by atoms with Crippen LogP contribution in [0.2, 0.25) is 5.02 Å². The summed E-state index contributed by atoms with van der Waals surface area (Å²) in [6.07, 6.45) is -0.725. The van der Waals surface area contributed by atoms with E-state index in [-0.39, 0.29) is 19.8 Å². The molecular weight excluding hydrogens is 364 g/mol. The maximum atomic E-state index is 11.9. The largest absolute Gasteiger partial charge is 0.479 e. The Morgan fingerprint density at radius 2 is 1.62 bits per heavy atom. The van der Waals surface area contributed by atoms with Gasteiger partial charge in [-0.15, -0.1) is 0 Å². The first-order valence-electron chi connectivity index (χ1n) is 8.48. The van der Waals surface area contributed by atoms with Gasteiger partial charge in [-0.2, -0.15) is 0 Å². The van der Waals surface area contributed by atoms with Crippen molar-refractivity contribution in [1.29, 1.82) is 0 Å². The number of carbonyl (C=O) groups excluding carboxylic acids is 1. The minimum Gasteiger partial charge on any atom is -0.479 e. The van der Waals surface area contributed by atoms with E-state index in [1.165, 1.54) is 0 Å². The molecule has 0 fully saturated rings. The van der Waals surface area contributed by atoms with Crippen molar-refractivity contribution in [2.24, 2.45) is 0 Å². The molecule has 1 rings (SSSR count). The fraction of sp³-hybridized carbons (Fsp3) is 0.611. The number of aryl methyl sites for hydroxylation is 1. The number of hydrogen-bond donors (Lipinski definition) is 1. The predicted octanol–water partition coefficient (Wildman–Crippen LogP) is 2.00. The molecule has 0 amide bonds. The molecule has 0 aliphatic carbocycles. The Balaban J connectivity index is 2.05. The Morgan fingerprint density at radius 1 is 1.04 bits per heavy atom. The van der Waals surface area contributed by atoms with E-state index in [1.807, 2.05) is 6.92 Å². The van der Waals surface area contributed by atoms with Crippen LogP contribution in [0.5, 0.6) is 5.75 Å². The van der Waals surface area contributed by atoms with Crippen LogP contribution in [0.25, 0.3) is 0 Å². The maximum Gasteiger partial charge on any atom is 0.347 e. The molecule has 1 aromatic rings. The third-order valence-corrected chi connectivity index (χ3v) is 3.46. The normalized spacial score (nSPS) is 12.0. The Bertz CT molecular complexity index is 524. The zero-order chi connectivity index (χ0) is 19.2. The van der Waals surface area contributed by atoms with Gasteiger partial charge < -0.3 is 28.8 Å². The van der Waals surface area contributed by atoms with Crippen LogP contribution < -0.4 is 4.74 Å². The first kappa shape index (κ1) is 22.7. The van der Waals surface area contributed by atoms with Crippen LogP contribution in [0.1, 0.15) is 12.5 Å². The average Bonchev–Trinajstić information content (AvgIpc) is 2.61. The SMILES string of the molecule is Cc1cc(Cl)ccc1OC(C)C(=O)OCCOCCOCCOCCO. The van der Waals surface area contributed by atoms with Crippen molar-refractivity contribution in [2.75, 3.05) is 52.9 Å². The number of halogens is 1. The number of aliphatic hydroxyl groups excluding tert-OH is 1. The molecule has 0 saturated heterocycles. The van der Waals surface area contributed by atoms with Gasteiger partial charge in [0.2, 0.25) is 0 Å². The van der Waals surface area contributed by atoms with Crippen LogP contribution in [-0.2, 0) is 23.7 Å². The minimum absolute atomic E-state index is 0.00476. The fourth-order valence-corrected chi connectivity index (χ4v) is 2.14. The van der Waals surface area contributed by atoms with Gasteiger partial charge in [-0.3, -0.25) is 0 Å². The molecule has 0 bridgehead atoms. The van der Waals surface area contributed by atoms with Gasteiger partial charge in [0.15, 0.2) is 6.10 Å². The van der Waals surface area contributed by atoms with E-state index < -0.39 is 12.1 Å². The molecule has 1 unspecified atom stereocenters. The second-order valence-corrected chi connectivity index (χ2v) is 5.83. The van der Waals surface area contributed by atoms with Crippen molar-refractivity contribution in [3.05, 3.63) is 28.8 Å². The van der Waals surface area contributed by atoms with Crippen LogP contribution >= 0.6 is 11.6 Å². The van der Waals surface area contributed by atoms with Crippen LogP contribution in [0.4, 0.5) is 0 Å². The average molecular weight is 391 g/mol. The molecule has 1 atom stereocenters. The van der Waals surface area contributed by atoms with Gasteiger partial charge in [0.1, 0.15) is 12.4 Å². The highest BCUT2D eigenvalue weighted by Crippen LogP contribution is 2.22. The standard InChI is InChI=1S/C18H27ClO7/c1-14-13-16(19)3-4-17(14)26-15(2)18(21)25-12-11-24-10-9-23-8-7-22-6-5-20/h3-4,13,15,20H,5-12H2,1-2H3. The Labute approximate surface area is 159 Å². The van der Waals surface area contributed by atoms with Gasteiger partial charge >= 0.3 is 5.97 Å². The molecule has 7 nitrogen and oxygen atoms in total. The van der Waals surface area contributed by atoms with E-state index in [0.29, 0.717) is 43.8 Å². The smallest absolute Gasteiger partial charge is 0.347 e. The van der Waals surface area contributed by atoms with Crippen molar-refractivity contribution >= 4 is 17.6 Å². The summed E-state index contributed by atoms with van der Waals surface area (Å²) in [5, 5.41) is 9.14. The molecular formula is C18H27ClO7. The van der Waals surface area contributed by atoms with Gasteiger partial charge in [0.25, 0.3) is 0 Å². The van der Waals surface area contributed by atoms with E-state index in [9.17, 15) is 4.79 Å². The lowest BCUT2D eigenvalue weighted by molar-refractivity contribution is -0.152. The zero-order valence-corrected chi connectivity index (χ0v) is 16.0. The monoisotopic (exact) mass is 390 g/mol. The number of rotatable bonds is 14. The minimum atomic E-state index is -0.725. The van der Waals surface area contributed by atoms with Gasteiger partial charge in [-0.05, 0) is 37.6 Å². The van der Waals surface area contributed by atoms with Crippen molar-refractivity contribution in [1.82, 2.24) is 0 Å². The molecule has 148 valence electrons. The summed E-state index contributed by atoms with van der Waals surface area (Å²) in [4.78, 5) is 11.9. The summed E-state index contributed by atoms with van der Waals surface area (Å²) in [6.45, 7) is 5.92. The number of hydrogen-bond acceptors (Lipinski definition) is 7. The Hall–Kier alpha value is -1.38. The van der Waals surface area contributed by atoms with Crippen LogP contribution in [-0.4, -0.2) is 70.0 Å². The molecule has 0 aliphatic rings. The van der Waals surface area contributed by atoms with Gasteiger partial charge in [0, 0.05) is 5.02 Å². The van der Waals surface area contributed by atoms with E-state index in [0.717, 1.165) is 5.56 Å². The fourth-order valence-electron chi connectivity index (χ4n) is 1.91. The highest BCUT2D eigenvalue weighted by molar-refractivity contribution is 6.30. The number of ether oxygens (including phenoxy) is 5. The van der Waals surface area contributed by atoms with Gasteiger partial charge in [-0.25, -0.2) is 4.79 Å². The maximum absolute atomic E-state index is 11.9. The second-order valence-electron chi connectivity index (χ2n) is 5.40. The third-order valence-electron chi connectivity index (χ3n) is 3.22. The van der Waals surface area contributed by atoms with Crippen molar-refractivity contribution < 1.29 is 33.6 Å². The summed E-state index contributed by atoms with van der Waals surface area (Å²) >= 11 is 5.89. The number of benzene rings is 1. The Kier molecular flexibility index (Phi) is 12.0. The summed E-state index contributed by atoms with van der Waals surface area (Å²) in [6, 6.07) is 5.19. The lowest BCUT2D eigenvalue weighted by Gasteiger charge is -2.15. The summed E-state index contributed by atoms with van der Waals surface area (Å²) in [5.74, 6) is 0.135. The first-order chi connectivity index (χ1) is 12.5. The lowest BCUT2D eigenvalue weighted by atomic mass is 10.2. The summed E-state index contributed by atoms with van der Waals surface area (Å²) in [5.41, 5.74) is 0.849. The lowest BCUT2D eigenvalue weighted by Crippen LogP contribution is -2.27. The molecule has 1 N–H and O–H groups in total. The highest BCUT2D eigenvalue weighted by Gasteiger charge is 2.17. The van der Waals surface area contributed by atoms with Crippen LogP contribution in [0.3, 0.4) is 0 Å². The number of aliphatic hydroxyl groups is 1. The topological polar surface area (TPSA) is 83.5 Å². The van der Waals surface area contributed by atoms with Gasteiger partial charge in [0.05, 0.1) is 46.2 Å². The first-order valence-corrected chi connectivity index (χ1v) is 8.86. The van der Waals surface area contributed by atoms with Crippen LogP contribution in [0.15, 0.2) is 18.2 Å².